The van der Waals surface area contributed by atoms with Crippen molar-refractivity contribution in [1.29, 1.82) is 0 Å². The molecule has 3 aromatic carbocycles. The summed E-state index contributed by atoms with van der Waals surface area (Å²) < 4.78 is 12.9. The lowest BCUT2D eigenvalue weighted by atomic mass is 9.99. The lowest BCUT2D eigenvalue weighted by Crippen LogP contribution is -2.26. The van der Waals surface area contributed by atoms with E-state index in [0.717, 1.165) is 50.0 Å². The van der Waals surface area contributed by atoms with Crippen LogP contribution in [0.15, 0.2) is 60.7 Å². The predicted octanol–water partition coefficient (Wildman–Crippen LogP) is 5.07. The topological polar surface area (TPSA) is 18.5 Å². The van der Waals surface area contributed by atoms with Crippen LogP contribution in [0.3, 0.4) is 0 Å². The molecule has 0 N–H and O–H groups in total. The summed E-state index contributed by atoms with van der Waals surface area (Å²) in [7, 11) is -1.62. The molecule has 0 fully saturated rings. The van der Waals surface area contributed by atoms with Crippen molar-refractivity contribution in [3.8, 4) is 11.5 Å². The fourth-order valence-corrected chi connectivity index (χ4v) is 6.66. The molecule has 0 amide bonds. The molecule has 34 heavy (non-hydrogen) atoms. The molecule has 0 saturated carbocycles. The van der Waals surface area contributed by atoms with Crippen molar-refractivity contribution in [2.75, 3.05) is 0 Å². The Bertz CT molecular complexity index is 932. The van der Waals surface area contributed by atoms with Crippen LogP contribution in [0.5, 0.6) is 11.5 Å². The van der Waals surface area contributed by atoms with E-state index in [4.69, 9.17) is 8.85 Å². The second-order valence-electron chi connectivity index (χ2n) is 9.18. The maximum Gasteiger partial charge on any atom is 0.251 e. The third-order valence-electron chi connectivity index (χ3n) is 6.31. The summed E-state index contributed by atoms with van der Waals surface area (Å²) in [5.74, 6) is 2.22. The maximum atomic E-state index is 6.43. The average molecular weight is 491 g/mol. The summed E-state index contributed by atoms with van der Waals surface area (Å²) in [5, 5.41) is 2.69. The van der Waals surface area contributed by atoms with Gasteiger partial charge in [-0.3, -0.25) is 0 Å². The lowest BCUT2D eigenvalue weighted by Gasteiger charge is -2.16. The number of aryl methyl sites for hydroxylation is 2. The van der Waals surface area contributed by atoms with Crippen LogP contribution >= 0.6 is 0 Å². The van der Waals surface area contributed by atoms with Crippen LogP contribution in [0.1, 0.15) is 75.6 Å². The highest BCUT2D eigenvalue weighted by molar-refractivity contribution is 6.50. The molecule has 0 saturated heterocycles. The lowest BCUT2D eigenvalue weighted by molar-refractivity contribution is 0.589. The Morgan fingerprint density at radius 3 is 1.24 bits per heavy atom. The molecule has 0 bridgehead atoms. The standard InChI is InChI=1S/C30H42O2Si2/c1-5-11-23-15-9-17-29(27(23)13-7-3)31-33-25-19-21-26(22-20-25)34-32-30-18-10-16-24(12-6-2)28(30)14-8-4/h9-10,15-22H,5-8,11-14,33-34H2,1-4H3. The molecule has 0 aliphatic rings. The Labute approximate surface area is 212 Å². The molecule has 0 aliphatic heterocycles. The van der Waals surface area contributed by atoms with Gasteiger partial charge in [0.25, 0.3) is 19.5 Å². The molecule has 0 unspecified atom stereocenters. The van der Waals surface area contributed by atoms with Gasteiger partial charge >= 0.3 is 0 Å². The van der Waals surface area contributed by atoms with Crippen LogP contribution in [0.25, 0.3) is 0 Å². The molecule has 0 aliphatic carbocycles. The van der Waals surface area contributed by atoms with Crippen molar-refractivity contribution in [1.82, 2.24) is 0 Å². The number of hydrogen-bond acceptors (Lipinski definition) is 2. The van der Waals surface area contributed by atoms with E-state index in [1.54, 1.807) is 0 Å². The van der Waals surface area contributed by atoms with Gasteiger partial charge in [-0.25, -0.2) is 0 Å². The minimum Gasteiger partial charge on any atom is -0.545 e. The summed E-state index contributed by atoms with van der Waals surface area (Å²) in [6.45, 7) is 9.00. The van der Waals surface area contributed by atoms with Crippen molar-refractivity contribution >= 4 is 29.9 Å². The summed E-state index contributed by atoms with van der Waals surface area (Å²) in [6, 6.07) is 22.2. The summed E-state index contributed by atoms with van der Waals surface area (Å²) in [6.07, 6.45) is 9.12. The molecule has 182 valence electrons. The van der Waals surface area contributed by atoms with Gasteiger partial charge in [-0.15, -0.1) is 0 Å². The van der Waals surface area contributed by atoms with Gasteiger partial charge in [-0.1, -0.05) is 102 Å². The molecule has 0 aromatic heterocycles. The number of benzene rings is 3. The summed E-state index contributed by atoms with van der Waals surface area (Å²) in [5.41, 5.74) is 5.76. The van der Waals surface area contributed by atoms with E-state index in [2.05, 4.69) is 88.4 Å². The Morgan fingerprint density at radius 1 is 0.500 bits per heavy atom. The second-order valence-corrected chi connectivity index (χ2v) is 12.0. The van der Waals surface area contributed by atoms with E-state index in [-0.39, 0.29) is 0 Å². The van der Waals surface area contributed by atoms with Crippen molar-refractivity contribution in [2.45, 2.75) is 79.1 Å². The molecule has 3 rings (SSSR count). The normalized spacial score (nSPS) is 11.6. The third kappa shape index (κ3) is 7.34. The number of rotatable bonds is 14. The molecule has 0 spiro atoms. The Hall–Kier alpha value is -2.31. The summed E-state index contributed by atoms with van der Waals surface area (Å²) in [4.78, 5) is 0. The summed E-state index contributed by atoms with van der Waals surface area (Å²) >= 11 is 0. The van der Waals surface area contributed by atoms with Gasteiger partial charge in [0, 0.05) is 0 Å². The van der Waals surface area contributed by atoms with E-state index in [1.165, 1.54) is 45.5 Å². The van der Waals surface area contributed by atoms with E-state index >= 15 is 0 Å². The van der Waals surface area contributed by atoms with Gasteiger partial charge < -0.3 is 8.85 Å². The Balaban J connectivity index is 1.63. The molecular formula is C30H42O2Si2. The first-order chi connectivity index (χ1) is 16.7. The molecule has 0 radical (unpaired) electrons. The van der Waals surface area contributed by atoms with Crippen molar-refractivity contribution in [2.24, 2.45) is 0 Å². The van der Waals surface area contributed by atoms with E-state index in [9.17, 15) is 0 Å². The van der Waals surface area contributed by atoms with Crippen LogP contribution in [0.4, 0.5) is 0 Å². The first-order valence-corrected chi connectivity index (χ1v) is 15.8. The quantitative estimate of drug-likeness (QED) is 0.294. The average Bonchev–Trinajstić information content (AvgIpc) is 2.85. The Morgan fingerprint density at radius 2 is 0.882 bits per heavy atom. The van der Waals surface area contributed by atoms with Gasteiger partial charge in [-0.05, 0) is 70.4 Å². The monoisotopic (exact) mass is 490 g/mol. The van der Waals surface area contributed by atoms with Gasteiger partial charge in [0.05, 0.1) is 0 Å². The minimum atomic E-state index is -0.809. The molecule has 0 atom stereocenters. The Kier molecular flexibility index (Phi) is 11.0. The zero-order valence-corrected chi connectivity index (χ0v) is 24.5. The smallest absolute Gasteiger partial charge is 0.251 e. The SMILES string of the molecule is CCCc1cccc(O[SiH2]c2ccc([SiH2]Oc3cccc(CCC)c3CCC)cc2)c1CCC. The minimum absolute atomic E-state index is 0.809. The van der Waals surface area contributed by atoms with Gasteiger partial charge in [-0.2, -0.15) is 0 Å². The number of hydrogen-bond donors (Lipinski definition) is 0. The molecule has 3 aromatic rings. The zero-order valence-electron chi connectivity index (χ0n) is 21.7. The van der Waals surface area contributed by atoms with Crippen LogP contribution in [-0.2, 0) is 25.7 Å². The highest BCUT2D eigenvalue weighted by Gasteiger charge is 2.11. The van der Waals surface area contributed by atoms with Gasteiger partial charge in [0.1, 0.15) is 11.5 Å². The second kappa shape index (κ2) is 14.2. The molecule has 4 heteroatoms. The van der Waals surface area contributed by atoms with Crippen LogP contribution < -0.4 is 19.2 Å². The maximum absolute atomic E-state index is 6.43. The van der Waals surface area contributed by atoms with Crippen molar-refractivity contribution < 1.29 is 8.85 Å². The van der Waals surface area contributed by atoms with Crippen LogP contribution in [0, 0.1) is 0 Å². The van der Waals surface area contributed by atoms with Gasteiger partial charge in [0.15, 0.2) is 0 Å². The molecule has 2 nitrogen and oxygen atoms in total. The zero-order chi connectivity index (χ0) is 24.2. The largest absolute Gasteiger partial charge is 0.545 e. The van der Waals surface area contributed by atoms with E-state index in [0.29, 0.717) is 0 Å². The molecular weight excluding hydrogens is 449 g/mol. The first-order valence-electron chi connectivity index (χ1n) is 13.2. The molecule has 0 heterocycles. The van der Waals surface area contributed by atoms with Crippen molar-refractivity contribution in [3.05, 3.63) is 82.9 Å². The fourth-order valence-electron chi connectivity index (χ4n) is 4.62. The van der Waals surface area contributed by atoms with Gasteiger partial charge in [0.2, 0.25) is 0 Å². The first kappa shape index (κ1) is 26.3. The van der Waals surface area contributed by atoms with E-state index < -0.39 is 19.5 Å². The fraction of sp³-hybridized carbons (Fsp3) is 0.400. The third-order valence-corrected chi connectivity index (χ3v) is 8.83. The van der Waals surface area contributed by atoms with Crippen LogP contribution in [0.2, 0.25) is 0 Å². The van der Waals surface area contributed by atoms with Crippen LogP contribution in [-0.4, -0.2) is 19.5 Å². The highest BCUT2D eigenvalue weighted by Crippen LogP contribution is 2.26. The van der Waals surface area contributed by atoms with E-state index in [1.807, 2.05) is 0 Å². The van der Waals surface area contributed by atoms with Crippen molar-refractivity contribution in [3.63, 3.8) is 0 Å². The highest BCUT2D eigenvalue weighted by atomic mass is 28.2. The predicted molar refractivity (Wildman–Crippen MR) is 153 cm³/mol.